The SMILES string of the molecule is Cc1ccc(N2C(=O)[C@H]3N=NN(CC(=O)Nc4ccc(Cl)c(Cl)c4)[C@@H]3C2=O)cc1. The molecule has 8 nitrogen and oxygen atoms in total. The molecule has 1 N–H and O–H groups in total. The van der Waals surface area contributed by atoms with Crippen molar-refractivity contribution >= 4 is 52.3 Å². The van der Waals surface area contributed by atoms with Crippen molar-refractivity contribution in [3.63, 3.8) is 0 Å². The van der Waals surface area contributed by atoms with E-state index in [9.17, 15) is 14.4 Å². The van der Waals surface area contributed by atoms with Gasteiger partial charge in [0.15, 0.2) is 12.1 Å². The van der Waals surface area contributed by atoms with Crippen LogP contribution < -0.4 is 10.2 Å². The van der Waals surface area contributed by atoms with Crippen molar-refractivity contribution in [1.29, 1.82) is 0 Å². The molecule has 1 saturated heterocycles. The second-order valence-electron chi connectivity index (χ2n) is 6.72. The van der Waals surface area contributed by atoms with Gasteiger partial charge in [-0.1, -0.05) is 46.1 Å². The van der Waals surface area contributed by atoms with Gasteiger partial charge in [-0.15, -0.1) is 0 Å². The molecular formula is C19H15Cl2N5O3. The highest BCUT2D eigenvalue weighted by Crippen LogP contribution is 2.32. The van der Waals surface area contributed by atoms with Gasteiger partial charge in [-0.25, -0.2) is 4.90 Å². The predicted molar refractivity (Wildman–Crippen MR) is 108 cm³/mol. The second-order valence-corrected chi connectivity index (χ2v) is 7.53. The third-order valence-electron chi connectivity index (χ3n) is 4.66. The minimum absolute atomic E-state index is 0.244. The molecule has 0 unspecified atom stereocenters. The number of benzene rings is 2. The Morgan fingerprint density at radius 1 is 1.07 bits per heavy atom. The Balaban J connectivity index is 1.48. The molecule has 2 heterocycles. The molecule has 1 fully saturated rings. The number of imide groups is 1. The summed E-state index contributed by atoms with van der Waals surface area (Å²) in [6, 6.07) is 9.80. The number of carbonyl (C=O) groups is 3. The van der Waals surface area contributed by atoms with Crippen LogP contribution in [0.2, 0.25) is 10.0 Å². The van der Waals surface area contributed by atoms with Gasteiger partial charge in [0.25, 0.3) is 11.8 Å². The summed E-state index contributed by atoms with van der Waals surface area (Å²) in [4.78, 5) is 39.1. The van der Waals surface area contributed by atoms with Crippen LogP contribution >= 0.6 is 23.2 Å². The molecular weight excluding hydrogens is 417 g/mol. The number of carbonyl (C=O) groups excluding carboxylic acids is 3. The smallest absolute Gasteiger partial charge is 0.263 e. The fourth-order valence-electron chi connectivity index (χ4n) is 3.22. The molecule has 0 radical (unpaired) electrons. The maximum Gasteiger partial charge on any atom is 0.263 e. The lowest BCUT2D eigenvalue weighted by atomic mass is 10.1. The molecule has 10 heteroatoms. The molecule has 3 amide bonds. The Morgan fingerprint density at radius 3 is 2.48 bits per heavy atom. The highest BCUT2D eigenvalue weighted by atomic mass is 35.5. The molecule has 0 aromatic heterocycles. The minimum Gasteiger partial charge on any atom is -0.324 e. The van der Waals surface area contributed by atoms with Crippen LogP contribution in [0.3, 0.4) is 0 Å². The maximum atomic E-state index is 12.9. The van der Waals surface area contributed by atoms with Crippen LogP contribution in [0.15, 0.2) is 52.8 Å². The van der Waals surface area contributed by atoms with Gasteiger partial charge in [0, 0.05) is 5.69 Å². The molecule has 2 atom stereocenters. The van der Waals surface area contributed by atoms with Crippen LogP contribution in [0.1, 0.15) is 5.56 Å². The molecule has 0 bridgehead atoms. The van der Waals surface area contributed by atoms with Crippen molar-refractivity contribution in [2.45, 2.75) is 19.0 Å². The highest BCUT2D eigenvalue weighted by Gasteiger charge is 2.55. The van der Waals surface area contributed by atoms with E-state index in [0.717, 1.165) is 10.5 Å². The lowest BCUT2D eigenvalue weighted by Gasteiger charge is -2.20. The third kappa shape index (κ3) is 3.56. The van der Waals surface area contributed by atoms with Crippen molar-refractivity contribution < 1.29 is 14.4 Å². The summed E-state index contributed by atoms with van der Waals surface area (Å²) in [5, 5.41) is 12.3. The topological polar surface area (TPSA) is 94.4 Å². The number of nitrogens with one attached hydrogen (secondary N) is 1. The summed E-state index contributed by atoms with van der Waals surface area (Å²) in [6.07, 6.45) is 0. The van der Waals surface area contributed by atoms with Crippen molar-refractivity contribution in [3.05, 3.63) is 58.1 Å². The number of amides is 3. The number of rotatable bonds is 4. The minimum atomic E-state index is -0.957. The zero-order valence-corrected chi connectivity index (χ0v) is 16.7. The fourth-order valence-corrected chi connectivity index (χ4v) is 3.52. The van der Waals surface area contributed by atoms with Crippen molar-refractivity contribution in [2.24, 2.45) is 10.3 Å². The first-order valence-corrected chi connectivity index (χ1v) is 9.47. The van der Waals surface area contributed by atoms with E-state index in [4.69, 9.17) is 23.2 Å². The quantitative estimate of drug-likeness (QED) is 0.751. The van der Waals surface area contributed by atoms with Crippen LogP contribution in [0.4, 0.5) is 11.4 Å². The highest BCUT2D eigenvalue weighted by molar-refractivity contribution is 6.42. The summed E-state index contributed by atoms with van der Waals surface area (Å²) >= 11 is 11.8. The Bertz CT molecular complexity index is 1040. The molecule has 2 aromatic carbocycles. The molecule has 2 aromatic rings. The van der Waals surface area contributed by atoms with E-state index < -0.39 is 29.8 Å². The van der Waals surface area contributed by atoms with Crippen LogP contribution in [-0.4, -0.2) is 41.4 Å². The molecule has 2 aliphatic rings. The number of fused-ring (bicyclic) bond motifs is 1. The van der Waals surface area contributed by atoms with E-state index in [1.54, 1.807) is 24.3 Å². The predicted octanol–water partition coefficient (Wildman–Crippen LogP) is 3.23. The third-order valence-corrected chi connectivity index (χ3v) is 5.40. The first kappa shape index (κ1) is 19.4. The zero-order valence-electron chi connectivity index (χ0n) is 15.2. The first-order chi connectivity index (χ1) is 13.8. The maximum absolute atomic E-state index is 12.9. The number of hydrogen-bond donors (Lipinski definition) is 1. The van der Waals surface area contributed by atoms with Crippen molar-refractivity contribution in [1.82, 2.24) is 5.01 Å². The van der Waals surface area contributed by atoms with Gasteiger partial charge in [-0.2, -0.15) is 5.11 Å². The molecule has 0 spiro atoms. The van der Waals surface area contributed by atoms with E-state index in [1.165, 1.54) is 11.1 Å². The molecule has 148 valence electrons. The summed E-state index contributed by atoms with van der Waals surface area (Å²) in [7, 11) is 0. The number of aryl methyl sites for hydroxylation is 1. The van der Waals surface area contributed by atoms with Gasteiger partial charge < -0.3 is 5.32 Å². The number of halogens is 2. The Kier molecular flexibility index (Phi) is 4.97. The van der Waals surface area contributed by atoms with E-state index in [0.29, 0.717) is 21.4 Å². The molecule has 0 saturated carbocycles. The van der Waals surface area contributed by atoms with Crippen molar-refractivity contribution in [3.8, 4) is 0 Å². The largest absolute Gasteiger partial charge is 0.324 e. The van der Waals surface area contributed by atoms with E-state index in [2.05, 4.69) is 15.7 Å². The fraction of sp³-hybridized carbons (Fsp3) is 0.211. The Labute approximate surface area is 176 Å². The van der Waals surface area contributed by atoms with E-state index in [-0.39, 0.29) is 6.54 Å². The number of anilines is 2. The van der Waals surface area contributed by atoms with Gasteiger partial charge in [0.05, 0.1) is 15.7 Å². The summed E-state index contributed by atoms with van der Waals surface area (Å²) in [5.74, 6) is -1.35. The monoisotopic (exact) mass is 431 g/mol. The van der Waals surface area contributed by atoms with Crippen LogP contribution in [-0.2, 0) is 14.4 Å². The van der Waals surface area contributed by atoms with Crippen LogP contribution in [0.5, 0.6) is 0 Å². The van der Waals surface area contributed by atoms with Crippen LogP contribution in [0.25, 0.3) is 0 Å². The number of hydrogen-bond acceptors (Lipinski definition) is 6. The average Bonchev–Trinajstić information content (AvgIpc) is 3.19. The first-order valence-electron chi connectivity index (χ1n) is 8.72. The molecule has 2 aliphatic heterocycles. The van der Waals surface area contributed by atoms with Crippen molar-refractivity contribution in [2.75, 3.05) is 16.8 Å². The van der Waals surface area contributed by atoms with E-state index in [1.807, 2.05) is 19.1 Å². The lowest BCUT2D eigenvalue weighted by Crippen LogP contribution is -2.43. The van der Waals surface area contributed by atoms with E-state index >= 15 is 0 Å². The summed E-state index contributed by atoms with van der Waals surface area (Å²) < 4.78 is 0. The summed E-state index contributed by atoms with van der Waals surface area (Å²) in [5.41, 5.74) is 1.93. The Morgan fingerprint density at radius 2 is 1.79 bits per heavy atom. The van der Waals surface area contributed by atoms with Gasteiger partial charge in [-0.05, 0) is 37.3 Å². The standard InChI is InChI=1S/C19H15Cl2N5O3/c1-10-2-5-12(6-3-10)26-18(28)16-17(19(26)29)25(24-23-16)9-15(27)22-11-4-7-13(20)14(21)8-11/h2-8,16-17H,9H2,1H3,(H,22,27)/t16-,17-/m0/s1. The molecule has 4 rings (SSSR count). The Hall–Kier alpha value is -2.97. The summed E-state index contributed by atoms with van der Waals surface area (Å²) in [6.45, 7) is 1.67. The van der Waals surface area contributed by atoms with Gasteiger partial charge in [0.2, 0.25) is 5.91 Å². The normalized spacial score (nSPS) is 20.4. The van der Waals surface area contributed by atoms with Gasteiger partial charge in [0.1, 0.15) is 6.54 Å². The lowest BCUT2D eigenvalue weighted by molar-refractivity contribution is -0.123. The van der Waals surface area contributed by atoms with Crippen LogP contribution in [0, 0.1) is 6.92 Å². The van der Waals surface area contributed by atoms with Gasteiger partial charge >= 0.3 is 0 Å². The second kappa shape index (κ2) is 7.46. The van der Waals surface area contributed by atoms with Gasteiger partial charge in [-0.3, -0.25) is 19.4 Å². The molecule has 0 aliphatic carbocycles. The average molecular weight is 432 g/mol. The number of nitrogens with zero attached hydrogens (tertiary/aromatic N) is 4. The zero-order chi connectivity index (χ0) is 20.7. The molecule has 29 heavy (non-hydrogen) atoms.